The quantitative estimate of drug-likeness (QED) is 0.793. The third-order valence-electron chi connectivity index (χ3n) is 3.04. The van der Waals surface area contributed by atoms with Crippen LogP contribution in [0.5, 0.6) is 5.75 Å². The van der Waals surface area contributed by atoms with Crippen molar-refractivity contribution >= 4 is 5.65 Å². The van der Waals surface area contributed by atoms with E-state index in [-0.39, 0.29) is 0 Å². The van der Waals surface area contributed by atoms with Crippen LogP contribution in [0.4, 0.5) is 0 Å². The molecule has 0 unspecified atom stereocenters. The lowest BCUT2D eigenvalue weighted by Crippen LogP contribution is -2.01. The molecule has 2 aromatic rings. The summed E-state index contributed by atoms with van der Waals surface area (Å²) in [6.45, 7) is 4.40. The Morgan fingerprint density at radius 3 is 2.75 bits per heavy atom. The van der Waals surface area contributed by atoms with Gasteiger partial charge < -0.3 is 4.74 Å². The van der Waals surface area contributed by atoms with Crippen LogP contribution in [0.1, 0.15) is 38.2 Å². The van der Waals surface area contributed by atoms with Crippen LogP contribution in [0.2, 0.25) is 0 Å². The molecule has 0 radical (unpaired) electrons. The average Bonchev–Trinajstić information content (AvgIpc) is 2.77. The fourth-order valence-corrected chi connectivity index (χ4v) is 2.05. The van der Waals surface area contributed by atoms with Crippen LogP contribution in [-0.4, -0.2) is 21.7 Å². The summed E-state index contributed by atoms with van der Waals surface area (Å²) in [5.41, 5.74) is 2.04. The Balaban J connectivity index is 2.54. The van der Waals surface area contributed by atoms with Crippen molar-refractivity contribution in [2.24, 2.45) is 0 Å². The van der Waals surface area contributed by atoms with Crippen LogP contribution in [-0.2, 0) is 0 Å². The molecule has 0 bridgehead atoms. The number of hydrogen-bond donors (Lipinski definition) is 0. The van der Waals surface area contributed by atoms with Crippen molar-refractivity contribution in [3.8, 4) is 5.75 Å². The first-order chi connectivity index (χ1) is 7.80. The molecule has 4 heteroatoms. The molecule has 2 aromatic heterocycles. The van der Waals surface area contributed by atoms with E-state index >= 15 is 0 Å². The summed E-state index contributed by atoms with van der Waals surface area (Å²) in [4.78, 5) is 4.17. The van der Waals surface area contributed by atoms with Gasteiger partial charge in [0.05, 0.1) is 7.11 Å². The molecule has 0 aromatic carbocycles. The van der Waals surface area contributed by atoms with Crippen molar-refractivity contribution in [1.82, 2.24) is 14.6 Å². The van der Waals surface area contributed by atoms with Crippen molar-refractivity contribution < 1.29 is 4.74 Å². The van der Waals surface area contributed by atoms with Gasteiger partial charge in [-0.15, -0.1) is 0 Å². The van der Waals surface area contributed by atoms with Gasteiger partial charge in [-0.3, -0.25) is 0 Å². The SMILES string of the molecule is CCC(CC)c1cc(OC)c2ncnn2c1. The maximum atomic E-state index is 5.34. The molecule has 0 N–H and O–H groups in total. The van der Waals surface area contributed by atoms with Gasteiger partial charge in [-0.05, 0) is 30.4 Å². The number of fused-ring (bicyclic) bond motifs is 1. The van der Waals surface area contributed by atoms with Crippen LogP contribution in [0.3, 0.4) is 0 Å². The Morgan fingerprint density at radius 1 is 1.38 bits per heavy atom. The van der Waals surface area contributed by atoms with E-state index in [1.54, 1.807) is 18.0 Å². The maximum absolute atomic E-state index is 5.34. The lowest BCUT2D eigenvalue weighted by molar-refractivity contribution is 0.415. The van der Waals surface area contributed by atoms with Crippen molar-refractivity contribution in [2.45, 2.75) is 32.6 Å². The Hall–Kier alpha value is -1.58. The van der Waals surface area contributed by atoms with Crippen LogP contribution >= 0.6 is 0 Å². The second kappa shape index (κ2) is 4.51. The van der Waals surface area contributed by atoms with Gasteiger partial charge in [-0.2, -0.15) is 5.10 Å². The smallest absolute Gasteiger partial charge is 0.197 e. The van der Waals surface area contributed by atoms with E-state index in [9.17, 15) is 0 Å². The second-order valence-corrected chi connectivity index (χ2v) is 3.88. The molecule has 0 aliphatic rings. The summed E-state index contributed by atoms with van der Waals surface area (Å²) < 4.78 is 7.13. The lowest BCUT2D eigenvalue weighted by Gasteiger charge is -2.14. The minimum absolute atomic E-state index is 0.558. The Bertz CT molecular complexity index is 474. The zero-order chi connectivity index (χ0) is 11.5. The Labute approximate surface area is 95.3 Å². The van der Waals surface area contributed by atoms with Crippen LogP contribution < -0.4 is 4.74 Å². The zero-order valence-electron chi connectivity index (χ0n) is 9.97. The number of ether oxygens (including phenoxy) is 1. The second-order valence-electron chi connectivity index (χ2n) is 3.88. The molecule has 0 spiro atoms. The molecule has 0 amide bonds. The molecule has 86 valence electrons. The molecule has 2 heterocycles. The minimum atomic E-state index is 0.558. The van der Waals surface area contributed by atoms with E-state index in [0.29, 0.717) is 5.92 Å². The van der Waals surface area contributed by atoms with Crippen molar-refractivity contribution in [1.29, 1.82) is 0 Å². The van der Waals surface area contributed by atoms with Crippen LogP contribution in [0.25, 0.3) is 5.65 Å². The summed E-state index contributed by atoms with van der Waals surface area (Å²) in [6.07, 6.45) is 5.84. The molecule has 0 aliphatic heterocycles. The fraction of sp³-hybridized carbons (Fsp3) is 0.500. The van der Waals surface area contributed by atoms with Gasteiger partial charge in [0.25, 0.3) is 0 Å². The van der Waals surface area contributed by atoms with Crippen LogP contribution in [0.15, 0.2) is 18.6 Å². The third kappa shape index (κ3) is 1.75. The van der Waals surface area contributed by atoms with Gasteiger partial charge in [0.15, 0.2) is 11.4 Å². The van der Waals surface area contributed by atoms with E-state index in [2.05, 4.69) is 30.0 Å². The molecule has 4 nitrogen and oxygen atoms in total. The third-order valence-corrected chi connectivity index (χ3v) is 3.04. The van der Waals surface area contributed by atoms with E-state index in [1.807, 2.05) is 6.20 Å². The average molecular weight is 219 g/mol. The van der Waals surface area contributed by atoms with Crippen molar-refractivity contribution in [3.05, 3.63) is 24.2 Å². The highest BCUT2D eigenvalue weighted by atomic mass is 16.5. The maximum Gasteiger partial charge on any atom is 0.197 e. The van der Waals surface area contributed by atoms with Crippen LogP contribution in [0, 0.1) is 0 Å². The van der Waals surface area contributed by atoms with E-state index in [0.717, 1.165) is 24.2 Å². The number of nitrogens with zero attached hydrogens (tertiary/aromatic N) is 3. The number of rotatable bonds is 4. The highest BCUT2D eigenvalue weighted by Gasteiger charge is 2.12. The van der Waals surface area contributed by atoms with E-state index in [1.165, 1.54) is 5.56 Å². The largest absolute Gasteiger partial charge is 0.493 e. The summed E-state index contributed by atoms with van der Waals surface area (Å²) in [5, 5.41) is 4.16. The topological polar surface area (TPSA) is 39.4 Å². The summed E-state index contributed by atoms with van der Waals surface area (Å²) in [5.74, 6) is 1.35. The van der Waals surface area contributed by atoms with Gasteiger partial charge in [-0.25, -0.2) is 9.50 Å². The molecule has 0 fully saturated rings. The molecule has 2 rings (SSSR count). The standard InChI is InChI=1S/C12H17N3O/c1-4-9(5-2)10-6-11(16-3)12-13-8-14-15(12)7-10/h6-9H,4-5H2,1-3H3. The first-order valence-electron chi connectivity index (χ1n) is 5.67. The molecule has 0 saturated heterocycles. The lowest BCUT2D eigenvalue weighted by atomic mass is 9.95. The molecular formula is C12H17N3O. The fourth-order valence-electron chi connectivity index (χ4n) is 2.05. The minimum Gasteiger partial charge on any atom is -0.493 e. The summed E-state index contributed by atoms with van der Waals surface area (Å²) in [6, 6.07) is 2.07. The molecule has 16 heavy (non-hydrogen) atoms. The summed E-state index contributed by atoms with van der Waals surface area (Å²) >= 11 is 0. The monoisotopic (exact) mass is 219 g/mol. The predicted molar refractivity (Wildman–Crippen MR) is 62.9 cm³/mol. The first kappa shape index (κ1) is 10.9. The predicted octanol–water partition coefficient (Wildman–Crippen LogP) is 2.64. The molecule has 0 aliphatic carbocycles. The van der Waals surface area contributed by atoms with Gasteiger partial charge in [-0.1, -0.05) is 13.8 Å². The van der Waals surface area contributed by atoms with E-state index in [4.69, 9.17) is 4.74 Å². The number of hydrogen-bond acceptors (Lipinski definition) is 3. The van der Waals surface area contributed by atoms with Crippen molar-refractivity contribution in [3.63, 3.8) is 0 Å². The normalized spacial score (nSPS) is 11.2. The Morgan fingerprint density at radius 2 is 2.12 bits per heavy atom. The first-order valence-corrected chi connectivity index (χ1v) is 5.67. The van der Waals surface area contributed by atoms with Gasteiger partial charge in [0, 0.05) is 6.20 Å². The number of pyridine rings is 1. The van der Waals surface area contributed by atoms with Gasteiger partial charge in [0.2, 0.25) is 0 Å². The van der Waals surface area contributed by atoms with Gasteiger partial charge in [0.1, 0.15) is 6.33 Å². The highest BCUT2D eigenvalue weighted by molar-refractivity contribution is 5.54. The van der Waals surface area contributed by atoms with Crippen molar-refractivity contribution in [2.75, 3.05) is 7.11 Å². The number of aromatic nitrogens is 3. The molecule has 0 saturated carbocycles. The molecule has 0 atom stereocenters. The zero-order valence-corrected chi connectivity index (χ0v) is 9.97. The summed E-state index contributed by atoms with van der Waals surface area (Å²) in [7, 11) is 1.67. The number of methoxy groups -OCH3 is 1. The van der Waals surface area contributed by atoms with Gasteiger partial charge >= 0.3 is 0 Å². The Kier molecular flexibility index (Phi) is 3.08. The highest BCUT2D eigenvalue weighted by Crippen LogP contribution is 2.27. The van der Waals surface area contributed by atoms with E-state index < -0.39 is 0 Å². The molecular weight excluding hydrogens is 202 g/mol.